The van der Waals surface area contributed by atoms with E-state index in [0.717, 1.165) is 29.5 Å². The summed E-state index contributed by atoms with van der Waals surface area (Å²) in [6.45, 7) is -0.00465. The number of hydrogen-bond acceptors (Lipinski definition) is 4. The van der Waals surface area contributed by atoms with Gasteiger partial charge in [-0.15, -0.1) is 0 Å². The van der Waals surface area contributed by atoms with Crippen molar-refractivity contribution in [3.05, 3.63) is 69.6 Å². The van der Waals surface area contributed by atoms with Gasteiger partial charge in [0.15, 0.2) is 9.84 Å². The summed E-state index contributed by atoms with van der Waals surface area (Å²) in [6.07, 6.45) is 5.57. The van der Waals surface area contributed by atoms with Crippen LogP contribution in [0.5, 0.6) is 0 Å². The number of H-pyrrole nitrogens is 1. The molecule has 0 unspecified atom stereocenters. The number of aliphatic hydroxyl groups excluding tert-OH is 1. The number of pyridine rings is 1. The second-order valence-corrected chi connectivity index (χ2v) is 8.37. The molecule has 1 aliphatic carbocycles. The highest BCUT2D eigenvalue weighted by Gasteiger charge is 2.26. The zero-order valence-electron chi connectivity index (χ0n) is 14.0. The second kappa shape index (κ2) is 6.98. The average molecular weight is 359 g/mol. The lowest BCUT2D eigenvalue weighted by atomic mass is 10.00. The minimum absolute atomic E-state index is 0.00465. The number of hydrogen-bond donors (Lipinski definition) is 2. The van der Waals surface area contributed by atoms with Gasteiger partial charge in [0, 0.05) is 29.7 Å². The van der Waals surface area contributed by atoms with Gasteiger partial charge in [-0.2, -0.15) is 0 Å². The van der Waals surface area contributed by atoms with Crippen LogP contribution in [0, 0.1) is 0 Å². The molecule has 6 heteroatoms. The number of sulfone groups is 1. The Morgan fingerprint density at radius 1 is 1.20 bits per heavy atom. The van der Waals surface area contributed by atoms with Crippen LogP contribution in [0.25, 0.3) is 5.57 Å². The molecule has 1 saturated carbocycles. The van der Waals surface area contributed by atoms with Gasteiger partial charge in [0.2, 0.25) is 0 Å². The van der Waals surface area contributed by atoms with E-state index < -0.39 is 9.84 Å². The molecule has 0 radical (unpaired) electrons. The van der Waals surface area contributed by atoms with Crippen molar-refractivity contribution >= 4 is 15.4 Å². The van der Waals surface area contributed by atoms with E-state index in [1.54, 1.807) is 24.3 Å². The molecule has 0 spiro atoms. The molecule has 1 fully saturated rings. The van der Waals surface area contributed by atoms with E-state index in [0.29, 0.717) is 18.0 Å². The summed E-state index contributed by atoms with van der Waals surface area (Å²) in [5, 5.41) is 9.14. The molecule has 0 aliphatic heterocycles. The van der Waals surface area contributed by atoms with E-state index in [1.165, 1.54) is 6.26 Å². The maximum Gasteiger partial charge on any atom is 0.251 e. The van der Waals surface area contributed by atoms with Gasteiger partial charge >= 0.3 is 0 Å². The molecule has 25 heavy (non-hydrogen) atoms. The summed E-state index contributed by atoms with van der Waals surface area (Å²) in [4.78, 5) is 15.5. The second-order valence-electron chi connectivity index (χ2n) is 6.36. The summed E-state index contributed by atoms with van der Waals surface area (Å²) in [5.74, 6) is 0.372. The molecule has 1 aliphatic rings. The Hall–Kier alpha value is -2.18. The highest BCUT2D eigenvalue weighted by molar-refractivity contribution is 7.90. The minimum atomic E-state index is -3.26. The number of aliphatic hydroxyl groups is 1. The SMILES string of the molecule is CS(=O)(=O)c1ccc(/C(=C/CCO)c2ccc(C3CC3)c(=O)[nH]2)cc1. The maximum absolute atomic E-state index is 12.3. The summed E-state index contributed by atoms with van der Waals surface area (Å²) in [5.41, 5.74) is 2.96. The first-order chi connectivity index (χ1) is 11.9. The third-order valence-electron chi connectivity index (χ3n) is 4.32. The molecule has 0 atom stereocenters. The van der Waals surface area contributed by atoms with Crippen molar-refractivity contribution < 1.29 is 13.5 Å². The fraction of sp³-hybridized carbons (Fsp3) is 0.316. The Labute approximate surface area is 147 Å². The topological polar surface area (TPSA) is 87.2 Å². The van der Waals surface area contributed by atoms with E-state index in [1.807, 2.05) is 18.2 Å². The third kappa shape index (κ3) is 4.08. The molecule has 132 valence electrons. The molecule has 1 aromatic carbocycles. The van der Waals surface area contributed by atoms with Crippen LogP contribution in [0.3, 0.4) is 0 Å². The quantitative estimate of drug-likeness (QED) is 0.829. The first-order valence-corrected chi connectivity index (χ1v) is 10.1. The Kier molecular flexibility index (Phi) is 4.92. The molecular weight excluding hydrogens is 338 g/mol. The molecule has 0 bridgehead atoms. The standard InChI is InChI=1S/C19H21NO4S/c1-25(23,24)15-8-6-13(7-9-15)16(3-2-12-21)18-11-10-17(14-4-5-14)19(22)20-18/h3,6-11,14,21H,2,4-5,12H2,1H3,(H,20,22)/b16-3-. The van der Waals surface area contributed by atoms with Gasteiger partial charge in [0.1, 0.15) is 0 Å². The minimum Gasteiger partial charge on any atom is -0.396 e. The summed E-state index contributed by atoms with van der Waals surface area (Å²) >= 11 is 0. The maximum atomic E-state index is 12.3. The highest BCUT2D eigenvalue weighted by Crippen LogP contribution is 2.38. The van der Waals surface area contributed by atoms with Crippen molar-refractivity contribution in [2.75, 3.05) is 12.9 Å². The number of benzene rings is 1. The average Bonchev–Trinajstić information content (AvgIpc) is 3.40. The van der Waals surface area contributed by atoms with Crippen molar-refractivity contribution in [3.8, 4) is 0 Å². The molecule has 0 amide bonds. The van der Waals surface area contributed by atoms with Crippen LogP contribution in [0.15, 0.2) is 52.2 Å². The lowest BCUT2D eigenvalue weighted by Gasteiger charge is -2.10. The van der Waals surface area contributed by atoms with Crippen molar-refractivity contribution in [2.24, 2.45) is 0 Å². The Balaban J connectivity index is 2.00. The lowest BCUT2D eigenvalue weighted by molar-refractivity contribution is 0.303. The smallest absolute Gasteiger partial charge is 0.251 e. The van der Waals surface area contributed by atoms with Crippen LogP contribution in [-0.4, -0.2) is 31.4 Å². The van der Waals surface area contributed by atoms with E-state index in [4.69, 9.17) is 5.11 Å². The van der Waals surface area contributed by atoms with Crippen molar-refractivity contribution in [1.82, 2.24) is 4.98 Å². The first-order valence-electron chi connectivity index (χ1n) is 8.25. The normalized spacial score (nSPS) is 15.4. The lowest BCUT2D eigenvalue weighted by Crippen LogP contribution is -2.13. The summed E-state index contributed by atoms with van der Waals surface area (Å²) in [7, 11) is -3.26. The molecular formula is C19H21NO4S. The Morgan fingerprint density at radius 3 is 2.40 bits per heavy atom. The molecule has 0 saturated heterocycles. The van der Waals surface area contributed by atoms with Crippen LogP contribution in [0.2, 0.25) is 0 Å². The van der Waals surface area contributed by atoms with Crippen LogP contribution in [-0.2, 0) is 9.84 Å². The Morgan fingerprint density at radius 2 is 1.88 bits per heavy atom. The van der Waals surface area contributed by atoms with Gasteiger partial charge in [-0.25, -0.2) is 8.42 Å². The van der Waals surface area contributed by atoms with Gasteiger partial charge in [-0.1, -0.05) is 24.3 Å². The molecule has 2 N–H and O–H groups in total. The van der Waals surface area contributed by atoms with Crippen LogP contribution in [0.1, 0.15) is 42.0 Å². The van der Waals surface area contributed by atoms with E-state index in [-0.39, 0.29) is 17.1 Å². The van der Waals surface area contributed by atoms with E-state index >= 15 is 0 Å². The fourth-order valence-corrected chi connectivity index (χ4v) is 3.46. The zero-order chi connectivity index (χ0) is 18.0. The van der Waals surface area contributed by atoms with Crippen LogP contribution >= 0.6 is 0 Å². The van der Waals surface area contributed by atoms with Gasteiger partial charge in [0.05, 0.1) is 4.90 Å². The zero-order valence-corrected chi connectivity index (χ0v) is 14.8. The van der Waals surface area contributed by atoms with Gasteiger partial charge in [-0.05, 0) is 48.9 Å². The molecule has 3 rings (SSSR count). The van der Waals surface area contributed by atoms with E-state index in [2.05, 4.69) is 4.98 Å². The predicted molar refractivity (Wildman–Crippen MR) is 97.4 cm³/mol. The van der Waals surface area contributed by atoms with Crippen molar-refractivity contribution in [3.63, 3.8) is 0 Å². The Bertz CT molecular complexity index is 952. The van der Waals surface area contributed by atoms with Gasteiger partial charge < -0.3 is 10.1 Å². The predicted octanol–water partition coefficient (Wildman–Crippen LogP) is 2.47. The van der Waals surface area contributed by atoms with Crippen LogP contribution < -0.4 is 5.56 Å². The van der Waals surface area contributed by atoms with Gasteiger partial charge in [-0.3, -0.25) is 4.79 Å². The number of aromatic amines is 1. The van der Waals surface area contributed by atoms with Crippen molar-refractivity contribution in [1.29, 1.82) is 0 Å². The van der Waals surface area contributed by atoms with Crippen molar-refractivity contribution in [2.45, 2.75) is 30.1 Å². The number of nitrogens with one attached hydrogen (secondary N) is 1. The molecule has 5 nitrogen and oxygen atoms in total. The third-order valence-corrected chi connectivity index (χ3v) is 5.45. The summed E-state index contributed by atoms with van der Waals surface area (Å²) in [6, 6.07) is 10.3. The number of rotatable bonds is 6. The molecule has 1 aromatic heterocycles. The summed E-state index contributed by atoms with van der Waals surface area (Å²) < 4.78 is 23.2. The largest absolute Gasteiger partial charge is 0.396 e. The van der Waals surface area contributed by atoms with Crippen LogP contribution in [0.4, 0.5) is 0 Å². The number of aromatic nitrogens is 1. The van der Waals surface area contributed by atoms with Gasteiger partial charge in [0.25, 0.3) is 5.56 Å². The molecule has 1 heterocycles. The first kappa shape index (κ1) is 17.6. The monoisotopic (exact) mass is 359 g/mol. The molecule has 2 aromatic rings. The highest BCUT2D eigenvalue weighted by atomic mass is 32.2. The fourth-order valence-electron chi connectivity index (χ4n) is 2.83. The van der Waals surface area contributed by atoms with E-state index in [9.17, 15) is 13.2 Å².